The number of ether oxygens (including phenoxy) is 2. The molecule has 7 nitrogen and oxygen atoms in total. The van der Waals surface area contributed by atoms with Gasteiger partial charge < -0.3 is 19.7 Å². The number of nitrogens with one attached hydrogen (secondary N) is 1. The lowest BCUT2D eigenvalue weighted by atomic mass is 9.79. The fourth-order valence-corrected chi connectivity index (χ4v) is 4.20. The molecule has 4 rings (SSSR count). The highest BCUT2D eigenvalue weighted by atomic mass is 16.5. The van der Waals surface area contributed by atoms with Crippen molar-refractivity contribution in [3.05, 3.63) is 108 Å². The van der Waals surface area contributed by atoms with Crippen LogP contribution in [0.15, 0.2) is 91.0 Å². The summed E-state index contributed by atoms with van der Waals surface area (Å²) >= 11 is 0. The number of rotatable bonds is 11. The second kappa shape index (κ2) is 15.3. The van der Waals surface area contributed by atoms with E-state index in [-0.39, 0.29) is 24.4 Å². The molecule has 1 fully saturated rings. The summed E-state index contributed by atoms with van der Waals surface area (Å²) in [7, 11) is 1.68. The van der Waals surface area contributed by atoms with Crippen LogP contribution in [-0.4, -0.2) is 48.6 Å². The molecule has 1 atom stereocenters. The zero-order valence-electron chi connectivity index (χ0n) is 22.8. The highest BCUT2D eigenvalue weighted by molar-refractivity contribution is 5.99. The Balaban J connectivity index is 0.000000216. The Morgan fingerprint density at radius 1 is 0.846 bits per heavy atom. The Morgan fingerprint density at radius 3 is 1.95 bits per heavy atom. The summed E-state index contributed by atoms with van der Waals surface area (Å²) in [6, 6.07) is 29.4. The van der Waals surface area contributed by atoms with Crippen molar-refractivity contribution in [3.8, 4) is 0 Å². The molecule has 206 valence electrons. The van der Waals surface area contributed by atoms with Gasteiger partial charge in [-0.15, -0.1) is 0 Å². The fraction of sp³-hybridized carbons (Fsp3) is 0.344. The predicted molar refractivity (Wildman–Crippen MR) is 151 cm³/mol. The Hall–Kier alpha value is -4.13. The van der Waals surface area contributed by atoms with Gasteiger partial charge >= 0.3 is 12.1 Å². The molecule has 1 heterocycles. The van der Waals surface area contributed by atoms with Crippen LogP contribution in [0, 0.1) is 0 Å². The molecule has 0 saturated carbocycles. The number of unbranched alkanes of at least 4 members (excludes halogenated alkanes) is 1. The maximum atomic E-state index is 12.4. The Kier molecular flexibility index (Phi) is 11.6. The number of hydrogen-bond donors (Lipinski definition) is 1. The van der Waals surface area contributed by atoms with E-state index in [0.717, 1.165) is 30.4 Å². The van der Waals surface area contributed by atoms with Crippen LogP contribution in [0.1, 0.15) is 42.9 Å². The van der Waals surface area contributed by atoms with Gasteiger partial charge in [0.25, 0.3) is 0 Å². The van der Waals surface area contributed by atoms with Gasteiger partial charge in [0.1, 0.15) is 6.61 Å². The Morgan fingerprint density at radius 2 is 1.41 bits per heavy atom. The molecular weight excluding hydrogens is 492 g/mol. The molecule has 0 aliphatic carbocycles. The van der Waals surface area contributed by atoms with E-state index in [1.807, 2.05) is 97.9 Å². The molecule has 3 aromatic carbocycles. The molecule has 2 amide bonds. The second-order valence-corrected chi connectivity index (χ2v) is 9.54. The molecule has 39 heavy (non-hydrogen) atoms. The summed E-state index contributed by atoms with van der Waals surface area (Å²) in [4.78, 5) is 37.0. The van der Waals surface area contributed by atoms with Crippen LogP contribution in [0.2, 0.25) is 0 Å². The molecule has 1 N–H and O–H groups in total. The minimum Gasteiger partial charge on any atom is -0.464 e. The first-order chi connectivity index (χ1) is 18.9. The quantitative estimate of drug-likeness (QED) is 0.206. The fourth-order valence-electron chi connectivity index (χ4n) is 4.20. The van der Waals surface area contributed by atoms with E-state index >= 15 is 0 Å². The van der Waals surface area contributed by atoms with E-state index < -0.39 is 5.54 Å². The minimum absolute atomic E-state index is 0.00614. The number of amides is 2. The number of hydrogen-bond acceptors (Lipinski definition) is 5. The van der Waals surface area contributed by atoms with Gasteiger partial charge in [0.2, 0.25) is 5.91 Å². The second-order valence-electron chi connectivity index (χ2n) is 9.54. The maximum Gasteiger partial charge on any atom is 0.407 e. The summed E-state index contributed by atoms with van der Waals surface area (Å²) in [5.41, 5.74) is 2.41. The lowest BCUT2D eigenvalue weighted by Gasteiger charge is -2.47. The van der Waals surface area contributed by atoms with Gasteiger partial charge in [-0.05, 0) is 29.5 Å². The monoisotopic (exact) mass is 530 g/mol. The number of esters is 1. The summed E-state index contributed by atoms with van der Waals surface area (Å²) in [5.74, 6) is -0.287. The predicted octanol–water partition coefficient (Wildman–Crippen LogP) is 5.33. The van der Waals surface area contributed by atoms with E-state index in [0.29, 0.717) is 26.2 Å². The number of alkyl carbamates (subject to hydrolysis) is 1. The van der Waals surface area contributed by atoms with Crippen LogP contribution < -0.4 is 5.32 Å². The number of likely N-dealkylation sites (tertiary alicyclic amines) is 1. The van der Waals surface area contributed by atoms with E-state index in [1.165, 1.54) is 10.5 Å². The van der Waals surface area contributed by atoms with Crippen LogP contribution in [0.25, 0.3) is 0 Å². The summed E-state index contributed by atoms with van der Waals surface area (Å²) in [5, 5.41) is 2.74. The van der Waals surface area contributed by atoms with Crippen molar-refractivity contribution < 1.29 is 23.9 Å². The highest BCUT2D eigenvalue weighted by Crippen LogP contribution is 2.35. The molecule has 1 saturated heterocycles. The number of nitrogens with zero attached hydrogens (tertiary/aromatic N) is 1. The lowest BCUT2D eigenvalue weighted by molar-refractivity contribution is -0.177. The first-order valence-corrected chi connectivity index (χ1v) is 13.4. The maximum absolute atomic E-state index is 12.4. The first kappa shape index (κ1) is 29.4. The third kappa shape index (κ3) is 8.99. The summed E-state index contributed by atoms with van der Waals surface area (Å²) in [6.07, 6.45) is 3.02. The topological polar surface area (TPSA) is 84.9 Å². The standard InChI is InChI=1S/C16H21NO3.C16H17NO2/c1-3-4-10-20-15(19)16(12-14(18)17(16)2)11-13-8-6-5-7-9-13;18-16(19-13-15-9-5-2-6-10-15)17-12-11-14-7-3-1-4-8-14/h5-9H,3-4,10-12H2,1-2H3;1-10H,11-13H2,(H,17,18). The zero-order valence-corrected chi connectivity index (χ0v) is 22.8. The summed E-state index contributed by atoms with van der Waals surface area (Å²) < 4.78 is 10.5. The van der Waals surface area contributed by atoms with E-state index in [1.54, 1.807) is 7.05 Å². The average molecular weight is 531 g/mol. The van der Waals surface area contributed by atoms with Gasteiger partial charge in [-0.3, -0.25) is 4.79 Å². The Labute approximate surface area is 231 Å². The third-order valence-corrected chi connectivity index (χ3v) is 6.65. The van der Waals surface area contributed by atoms with Crippen molar-refractivity contribution in [3.63, 3.8) is 0 Å². The number of β-lactam (4-membered cyclic amide) rings is 1. The molecular formula is C32H38N2O5. The van der Waals surface area contributed by atoms with Crippen molar-refractivity contribution in [2.75, 3.05) is 20.2 Å². The number of likely N-dealkylation sites (N-methyl/N-ethyl adjacent to an activating group) is 1. The zero-order chi connectivity index (χ0) is 27.9. The smallest absolute Gasteiger partial charge is 0.407 e. The summed E-state index contributed by atoms with van der Waals surface area (Å²) in [6.45, 7) is 3.36. The molecule has 1 unspecified atom stereocenters. The van der Waals surface area contributed by atoms with Gasteiger partial charge in [-0.1, -0.05) is 104 Å². The van der Waals surface area contributed by atoms with E-state index in [2.05, 4.69) is 5.32 Å². The van der Waals surface area contributed by atoms with Gasteiger partial charge in [0.05, 0.1) is 13.0 Å². The number of carbonyl (C=O) groups excluding carboxylic acids is 3. The van der Waals surface area contributed by atoms with Gasteiger partial charge in [0.15, 0.2) is 5.54 Å². The SMILES string of the molecule is CCCCOC(=O)C1(Cc2ccccc2)CC(=O)N1C.O=C(NCCc1ccccc1)OCc1ccccc1. The average Bonchev–Trinajstić information content (AvgIpc) is 2.97. The van der Waals surface area contributed by atoms with Gasteiger partial charge in [-0.2, -0.15) is 0 Å². The molecule has 3 aromatic rings. The van der Waals surface area contributed by atoms with Gasteiger partial charge in [-0.25, -0.2) is 9.59 Å². The highest BCUT2D eigenvalue weighted by Gasteiger charge is 2.55. The van der Waals surface area contributed by atoms with E-state index in [9.17, 15) is 14.4 Å². The van der Waals surface area contributed by atoms with Crippen molar-refractivity contribution in [2.24, 2.45) is 0 Å². The lowest BCUT2D eigenvalue weighted by Crippen LogP contribution is -2.67. The van der Waals surface area contributed by atoms with Crippen molar-refractivity contribution in [2.45, 2.75) is 51.2 Å². The van der Waals surface area contributed by atoms with Crippen molar-refractivity contribution >= 4 is 18.0 Å². The molecule has 0 radical (unpaired) electrons. The largest absolute Gasteiger partial charge is 0.464 e. The third-order valence-electron chi connectivity index (χ3n) is 6.65. The van der Waals surface area contributed by atoms with E-state index in [4.69, 9.17) is 9.47 Å². The van der Waals surface area contributed by atoms with Crippen LogP contribution in [0.4, 0.5) is 4.79 Å². The first-order valence-electron chi connectivity index (χ1n) is 13.4. The van der Waals surface area contributed by atoms with Crippen molar-refractivity contribution in [1.29, 1.82) is 0 Å². The van der Waals surface area contributed by atoms with Crippen LogP contribution >= 0.6 is 0 Å². The minimum atomic E-state index is -0.813. The van der Waals surface area contributed by atoms with Crippen LogP contribution in [0.3, 0.4) is 0 Å². The normalized spacial score (nSPS) is 15.8. The van der Waals surface area contributed by atoms with Crippen LogP contribution in [0.5, 0.6) is 0 Å². The number of benzene rings is 3. The molecule has 0 aromatic heterocycles. The number of carbonyl (C=O) groups is 3. The Bertz CT molecular complexity index is 1170. The van der Waals surface area contributed by atoms with Crippen molar-refractivity contribution in [1.82, 2.24) is 10.2 Å². The molecule has 0 bridgehead atoms. The molecule has 1 aliphatic rings. The van der Waals surface area contributed by atoms with Crippen LogP contribution in [-0.2, 0) is 38.5 Å². The molecule has 1 aliphatic heterocycles. The van der Waals surface area contributed by atoms with Gasteiger partial charge in [0, 0.05) is 20.0 Å². The molecule has 7 heteroatoms. The molecule has 0 spiro atoms.